The molecule has 0 aliphatic heterocycles. The molecule has 2 nitrogen and oxygen atoms in total. The Bertz CT molecular complexity index is 566. The van der Waals surface area contributed by atoms with Crippen LogP contribution in [0.3, 0.4) is 0 Å². The summed E-state index contributed by atoms with van der Waals surface area (Å²) in [6.07, 6.45) is 0. The third-order valence-electron chi connectivity index (χ3n) is 3.00. The minimum Gasteiger partial charge on any atom is -0.507 e. The topological polar surface area (TPSA) is 32.3 Å². The van der Waals surface area contributed by atoms with Gasteiger partial charge >= 0.3 is 0 Å². The molecule has 0 heterocycles. The number of aryl methyl sites for hydroxylation is 1. The second-order valence-corrected chi connectivity index (χ2v) is 5.30. The van der Waals surface area contributed by atoms with Crippen LogP contribution in [0.4, 0.5) is 5.69 Å². The van der Waals surface area contributed by atoms with E-state index in [1.165, 1.54) is 5.56 Å². The largest absolute Gasteiger partial charge is 0.507 e. The van der Waals surface area contributed by atoms with Gasteiger partial charge in [-0.05, 0) is 43.2 Å². The highest BCUT2D eigenvalue weighted by Gasteiger charge is 2.05. The van der Waals surface area contributed by atoms with Crippen molar-refractivity contribution in [3.8, 4) is 5.75 Å². The quantitative estimate of drug-likeness (QED) is 0.882. The van der Waals surface area contributed by atoms with E-state index in [4.69, 9.17) is 0 Å². The first-order chi connectivity index (χ1) is 8.58. The minimum atomic E-state index is 0.370. The number of phenolic OH excluding ortho intramolecular Hbond substituents is 1. The number of hydrogen-bond acceptors (Lipinski definition) is 2. The molecule has 0 aliphatic rings. The zero-order valence-electron chi connectivity index (χ0n) is 10.5. The SMILES string of the molecule is Cc1ccc(NCc2cccc(Br)c2)c(C)c1O. The smallest absolute Gasteiger partial charge is 0.123 e. The average molecular weight is 306 g/mol. The van der Waals surface area contributed by atoms with E-state index in [0.29, 0.717) is 5.75 Å². The maximum absolute atomic E-state index is 9.88. The van der Waals surface area contributed by atoms with Crippen LogP contribution >= 0.6 is 15.9 Å². The normalized spacial score (nSPS) is 10.4. The van der Waals surface area contributed by atoms with Crippen LogP contribution in [0.5, 0.6) is 5.75 Å². The summed E-state index contributed by atoms with van der Waals surface area (Å²) in [5, 5.41) is 13.2. The van der Waals surface area contributed by atoms with E-state index in [-0.39, 0.29) is 0 Å². The van der Waals surface area contributed by atoms with E-state index in [0.717, 1.165) is 27.8 Å². The molecule has 0 saturated heterocycles. The second kappa shape index (κ2) is 5.44. The molecule has 0 aromatic heterocycles. The van der Waals surface area contributed by atoms with Crippen LogP contribution in [0.2, 0.25) is 0 Å². The van der Waals surface area contributed by atoms with Crippen LogP contribution in [0.1, 0.15) is 16.7 Å². The van der Waals surface area contributed by atoms with Crippen molar-refractivity contribution in [1.29, 1.82) is 0 Å². The van der Waals surface area contributed by atoms with Gasteiger partial charge < -0.3 is 10.4 Å². The minimum absolute atomic E-state index is 0.370. The van der Waals surface area contributed by atoms with Gasteiger partial charge in [0.2, 0.25) is 0 Å². The van der Waals surface area contributed by atoms with Crippen molar-refractivity contribution in [1.82, 2.24) is 0 Å². The first-order valence-electron chi connectivity index (χ1n) is 5.85. The van der Waals surface area contributed by atoms with Crippen molar-refractivity contribution in [2.24, 2.45) is 0 Å². The van der Waals surface area contributed by atoms with Crippen molar-refractivity contribution in [2.75, 3.05) is 5.32 Å². The highest BCUT2D eigenvalue weighted by atomic mass is 79.9. The number of phenols is 1. The molecule has 0 spiro atoms. The third-order valence-corrected chi connectivity index (χ3v) is 3.50. The Labute approximate surface area is 116 Å². The molecule has 3 heteroatoms. The van der Waals surface area contributed by atoms with Crippen molar-refractivity contribution in [3.05, 3.63) is 57.6 Å². The lowest BCUT2D eigenvalue weighted by Gasteiger charge is -2.12. The average Bonchev–Trinajstić information content (AvgIpc) is 2.35. The van der Waals surface area contributed by atoms with E-state index >= 15 is 0 Å². The molecular formula is C15H16BrNO. The summed E-state index contributed by atoms with van der Waals surface area (Å²) in [4.78, 5) is 0. The van der Waals surface area contributed by atoms with Gasteiger partial charge in [-0.25, -0.2) is 0 Å². The highest BCUT2D eigenvalue weighted by Crippen LogP contribution is 2.28. The standard InChI is InChI=1S/C15H16BrNO/c1-10-6-7-14(11(2)15(10)18)17-9-12-4-3-5-13(16)8-12/h3-8,17-18H,9H2,1-2H3. The molecule has 0 amide bonds. The molecule has 0 radical (unpaired) electrons. The summed E-state index contributed by atoms with van der Waals surface area (Å²) in [6, 6.07) is 12.1. The molecular weight excluding hydrogens is 290 g/mol. The van der Waals surface area contributed by atoms with Gasteiger partial charge in [-0.2, -0.15) is 0 Å². The lowest BCUT2D eigenvalue weighted by Crippen LogP contribution is -2.01. The predicted octanol–water partition coefficient (Wildman–Crippen LogP) is 4.38. The summed E-state index contributed by atoms with van der Waals surface area (Å²) < 4.78 is 1.07. The maximum Gasteiger partial charge on any atom is 0.123 e. The van der Waals surface area contributed by atoms with Crippen molar-refractivity contribution in [3.63, 3.8) is 0 Å². The van der Waals surface area contributed by atoms with E-state index < -0.39 is 0 Å². The molecule has 0 bridgehead atoms. The maximum atomic E-state index is 9.88. The fraction of sp³-hybridized carbons (Fsp3) is 0.200. The van der Waals surface area contributed by atoms with Gasteiger partial charge in [0, 0.05) is 22.3 Å². The Morgan fingerprint density at radius 2 is 1.94 bits per heavy atom. The number of halogens is 1. The number of nitrogens with one attached hydrogen (secondary N) is 1. The predicted molar refractivity (Wildman–Crippen MR) is 79.0 cm³/mol. The van der Waals surface area contributed by atoms with Gasteiger partial charge in [0.25, 0.3) is 0 Å². The number of hydrogen-bond donors (Lipinski definition) is 2. The van der Waals surface area contributed by atoms with Crippen LogP contribution < -0.4 is 5.32 Å². The number of rotatable bonds is 3. The summed E-state index contributed by atoms with van der Waals surface area (Å²) in [5.74, 6) is 0.370. The van der Waals surface area contributed by atoms with Crippen LogP contribution in [-0.2, 0) is 6.54 Å². The lowest BCUT2D eigenvalue weighted by atomic mass is 10.1. The molecule has 94 valence electrons. The third kappa shape index (κ3) is 2.85. The van der Waals surface area contributed by atoms with Crippen LogP contribution in [0.25, 0.3) is 0 Å². The number of benzene rings is 2. The molecule has 0 saturated carbocycles. The van der Waals surface area contributed by atoms with Gasteiger partial charge in [0.05, 0.1) is 0 Å². The summed E-state index contributed by atoms with van der Waals surface area (Å²) in [7, 11) is 0. The van der Waals surface area contributed by atoms with Crippen LogP contribution in [0, 0.1) is 13.8 Å². The molecule has 0 fully saturated rings. The van der Waals surface area contributed by atoms with Crippen LogP contribution in [0.15, 0.2) is 40.9 Å². The Kier molecular flexibility index (Phi) is 3.92. The summed E-state index contributed by atoms with van der Waals surface area (Å²) in [6.45, 7) is 4.56. The number of aromatic hydroxyl groups is 1. The molecule has 2 aromatic carbocycles. The second-order valence-electron chi connectivity index (χ2n) is 4.39. The summed E-state index contributed by atoms with van der Waals surface area (Å²) in [5.41, 5.74) is 3.97. The first-order valence-corrected chi connectivity index (χ1v) is 6.64. The van der Waals surface area contributed by atoms with E-state index in [9.17, 15) is 5.11 Å². The molecule has 2 aromatic rings. The lowest BCUT2D eigenvalue weighted by molar-refractivity contribution is 0.467. The van der Waals surface area contributed by atoms with E-state index in [1.807, 2.05) is 38.1 Å². The number of anilines is 1. The fourth-order valence-electron chi connectivity index (χ4n) is 1.87. The molecule has 0 aliphatic carbocycles. The first kappa shape index (κ1) is 13.0. The molecule has 2 rings (SSSR count). The van der Waals surface area contributed by atoms with Gasteiger partial charge in [-0.3, -0.25) is 0 Å². The van der Waals surface area contributed by atoms with E-state index in [1.54, 1.807) is 0 Å². The Morgan fingerprint density at radius 3 is 2.67 bits per heavy atom. The van der Waals surface area contributed by atoms with Gasteiger partial charge in [-0.1, -0.05) is 34.1 Å². The van der Waals surface area contributed by atoms with Gasteiger partial charge in [-0.15, -0.1) is 0 Å². The Morgan fingerprint density at radius 1 is 1.17 bits per heavy atom. The molecule has 2 N–H and O–H groups in total. The zero-order valence-corrected chi connectivity index (χ0v) is 12.1. The van der Waals surface area contributed by atoms with Crippen molar-refractivity contribution < 1.29 is 5.11 Å². The molecule has 0 unspecified atom stereocenters. The van der Waals surface area contributed by atoms with Gasteiger partial charge in [0.15, 0.2) is 0 Å². The van der Waals surface area contributed by atoms with E-state index in [2.05, 4.69) is 33.4 Å². The molecule has 0 atom stereocenters. The summed E-state index contributed by atoms with van der Waals surface area (Å²) >= 11 is 3.46. The highest BCUT2D eigenvalue weighted by molar-refractivity contribution is 9.10. The van der Waals surface area contributed by atoms with Crippen LogP contribution in [-0.4, -0.2) is 5.11 Å². The fourth-order valence-corrected chi connectivity index (χ4v) is 2.32. The van der Waals surface area contributed by atoms with Crippen molar-refractivity contribution in [2.45, 2.75) is 20.4 Å². The van der Waals surface area contributed by atoms with Gasteiger partial charge in [0.1, 0.15) is 5.75 Å². The van der Waals surface area contributed by atoms with Crippen molar-refractivity contribution >= 4 is 21.6 Å². The molecule has 18 heavy (non-hydrogen) atoms. The monoisotopic (exact) mass is 305 g/mol. The zero-order chi connectivity index (χ0) is 13.1. The Balaban J connectivity index is 2.14. The Hall–Kier alpha value is -1.48.